The van der Waals surface area contributed by atoms with Crippen LogP contribution in [0.2, 0.25) is 0 Å². The maximum absolute atomic E-state index is 11.9. The van der Waals surface area contributed by atoms with Gasteiger partial charge in [0.15, 0.2) is 0 Å². The lowest BCUT2D eigenvalue weighted by molar-refractivity contribution is -0.126. The van der Waals surface area contributed by atoms with Crippen LogP contribution in [0.5, 0.6) is 0 Å². The van der Waals surface area contributed by atoms with Crippen LogP contribution in [0.1, 0.15) is 31.2 Å². The molecule has 0 bridgehead atoms. The topological polar surface area (TPSA) is 104 Å². The molecule has 6 nitrogen and oxygen atoms in total. The van der Waals surface area contributed by atoms with E-state index >= 15 is 0 Å². The van der Waals surface area contributed by atoms with Crippen LogP contribution in [-0.2, 0) is 16.2 Å². The van der Waals surface area contributed by atoms with Crippen LogP contribution in [0.15, 0.2) is 24.3 Å². The van der Waals surface area contributed by atoms with Gasteiger partial charge in [0.1, 0.15) is 0 Å². The van der Waals surface area contributed by atoms with Gasteiger partial charge in [-0.1, -0.05) is 25.0 Å². The molecular formula is C16H23N3O3. The second kappa shape index (κ2) is 7.91. The Morgan fingerprint density at radius 1 is 1.23 bits per heavy atom. The first-order chi connectivity index (χ1) is 10.6. The van der Waals surface area contributed by atoms with Gasteiger partial charge in [-0.2, -0.15) is 0 Å². The van der Waals surface area contributed by atoms with Gasteiger partial charge in [0.2, 0.25) is 11.8 Å². The van der Waals surface area contributed by atoms with Crippen molar-refractivity contribution in [3.05, 3.63) is 29.8 Å². The quantitative estimate of drug-likeness (QED) is 0.622. The van der Waals surface area contributed by atoms with Gasteiger partial charge in [0.05, 0.1) is 19.2 Å². The fourth-order valence-electron chi connectivity index (χ4n) is 2.71. The highest BCUT2D eigenvalue weighted by Gasteiger charge is 2.27. The highest BCUT2D eigenvalue weighted by molar-refractivity contribution is 5.95. The molecule has 0 saturated heterocycles. The molecule has 120 valence electrons. The Balaban J connectivity index is 1.75. The van der Waals surface area contributed by atoms with E-state index in [0.717, 1.165) is 31.2 Å². The van der Waals surface area contributed by atoms with Gasteiger partial charge < -0.3 is 21.5 Å². The Labute approximate surface area is 130 Å². The van der Waals surface area contributed by atoms with E-state index in [0.29, 0.717) is 5.69 Å². The molecule has 1 aromatic rings. The lowest BCUT2D eigenvalue weighted by Gasteiger charge is -2.18. The fraction of sp³-hybridized carbons (Fsp3) is 0.500. The van der Waals surface area contributed by atoms with Gasteiger partial charge in [-0.05, 0) is 36.5 Å². The van der Waals surface area contributed by atoms with Crippen molar-refractivity contribution in [1.29, 1.82) is 0 Å². The van der Waals surface area contributed by atoms with Crippen LogP contribution >= 0.6 is 0 Å². The fourth-order valence-corrected chi connectivity index (χ4v) is 2.71. The zero-order valence-electron chi connectivity index (χ0n) is 12.5. The lowest BCUT2D eigenvalue weighted by Crippen LogP contribution is -2.46. The minimum absolute atomic E-state index is 0.0384. The summed E-state index contributed by atoms with van der Waals surface area (Å²) in [4.78, 5) is 23.7. The SMILES string of the molecule is NC(C(=O)NCC(=O)Nc1ccc(CO)cc1)C1CCCC1. The van der Waals surface area contributed by atoms with Crippen molar-refractivity contribution in [2.75, 3.05) is 11.9 Å². The molecule has 22 heavy (non-hydrogen) atoms. The second-order valence-corrected chi connectivity index (χ2v) is 5.69. The summed E-state index contributed by atoms with van der Waals surface area (Å²) >= 11 is 0. The van der Waals surface area contributed by atoms with Crippen LogP contribution in [0, 0.1) is 5.92 Å². The van der Waals surface area contributed by atoms with Crippen molar-refractivity contribution < 1.29 is 14.7 Å². The molecular weight excluding hydrogens is 282 g/mol. The van der Waals surface area contributed by atoms with Gasteiger partial charge in [-0.3, -0.25) is 9.59 Å². The number of benzene rings is 1. The second-order valence-electron chi connectivity index (χ2n) is 5.69. The summed E-state index contributed by atoms with van der Waals surface area (Å²) < 4.78 is 0. The van der Waals surface area contributed by atoms with Gasteiger partial charge >= 0.3 is 0 Å². The average molecular weight is 305 g/mol. The van der Waals surface area contributed by atoms with Crippen LogP contribution in [-0.4, -0.2) is 29.5 Å². The first-order valence-electron chi connectivity index (χ1n) is 7.63. The molecule has 1 unspecified atom stereocenters. The van der Waals surface area contributed by atoms with Crippen LogP contribution in [0.25, 0.3) is 0 Å². The number of anilines is 1. The highest BCUT2D eigenvalue weighted by Crippen LogP contribution is 2.26. The summed E-state index contributed by atoms with van der Waals surface area (Å²) in [6.45, 7) is -0.135. The van der Waals surface area contributed by atoms with Crippen molar-refractivity contribution >= 4 is 17.5 Å². The minimum Gasteiger partial charge on any atom is -0.392 e. The van der Waals surface area contributed by atoms with Crippen molar-refractivity contribution in [2.45, 2.75) is 38.3 Å². The molecule has 2 rings (SSSR count). The molecule has 1 saturated carbocycles. The Kier molecular flexibility index (Phi) is 5.91. The molecule has 0 radical (unpaired) electrons. The largest absolute Gasteiger partial charge is 0.392 e. The summed E-state index contributed by atoms with van der Waals surface area (Å²) in [5.74, 6) is -0.338. The molecule has 1 aliphatic carbocycles. The average Bonchev–Trinajstić information content (AvgIpc) is 3.07. The smallest absolute Gasteiger partial charge is 0.243 e. The van der Waals surface area contributed by atoms with Crippen LogP contribution < -0.4 is 16.4 Å². The van der Waals surface area contributed by atoms with E-state index < -0.39 is 6.04 Å². The molecule has 1 aliphatic rings. The van der Waals surface area contributed by atoms with E-state index in [1.165, 1.54) is 0 Å². The number of hydrogen-bond acceptors (Lipinski definition) is 4. The molecule has 5 N–H and O–H groups in total. The molecule has 1 atom stereocenters. The maximum Gasteiger partial charge on any atom is 0.243 e. The Morgan fingerprint density at radius 3 is 2.45 bits per heavy atom. The maximum atomic E-state index is 11.9. The molecule has 0 spiro atoms. The molecule has 0 aliphatic heterocycles. The predicted molar refractivity (Wildman–Crippen MR) is 83.9 cm³/mol. The molecule has 1 fully saturated rings. The van der Waals surface area contributed by atoms with Crippen molar-refractivity contribution in [3.63, 3.8) is 0 Å². The summed E-state index contributed by atoms with van der Waals surface area (Å²) in [6.07, 6.45) is 4.21. The Morgan fingerprint density at radius 2 is 1.86 bits per heavy atom. The Bertz CT molecular complexity index is 510. The third-order valence-corrected chi connectivity index (χ3v) is 4.05. The van der Waals surface area contributed by atoms with E-state index in [9.17, 15) is 9.59 Å². The van der Waals surface area contributed by atoms with Crippen LogP contribution in [0.3, 0.4) is 0 Å². The van der Waals surface area contributed by atoms with E-state index in [2.05, 4.69) is 10.6 Å². The molecule has 1 aromatic carbocycles. The van der Waals surface area contributed by atoms with Crippen molar-refractivity contribution in [2.24, 2.45) is 11.7 Å². The van der Waals surface area contributed by atoms with Crippen molar-refractivity contribution in [3.8, 4) is 0 Å². The lowest BCUT2D eigenvalue weighted by atomic mass is 9.98. The third kappa shape index (κ3) is 4.54. The number of amides is 2. The van der Waals surface area contributed by atoms with Gasteiger partial charge in [-0.15, -0.1) is 0 Å². The standard InChI is InChI=1S/C16H23N3O3/c17-15(12-3-1-2-4-12)16(22)18-9-14(21)19-13-7-5-11(10-20)6-8-13/h5-8,12,15,20H,1-4,9-10,17H2,(H,18,22)(H,19,21). The Hall–Kier alpha value is -1.92. The number of carbonyl (C=O) groups is 2. The molecule has 0 heterocycles. The monoisotopic (exact) mass is 305 g/mol. The third-order valence-electron chi connectivity index (χ3n) is 4.05. The zero-order chi connectivity index (χ0) is 15.9. The first kappa shape index (κ1) is 16.5. The number of rotatable bonds is 6. The van der Waals surface area contributed by atoms with E-state index in [-0.39, 0.29) is 30.9 Å². The zero-order valence-corrected chi connectivity index (χ0v) is 12.5. The minimum atomic E-state index is -0.529. The normalized spacial score (nSPS) is 16.3. The summed E-state index contributed by atoms with van der Waals surface area (Å²) in [7, 11) is 0. The number of nitrogens with one attached hydrogen (secondary N) is 2. The van der Waals surface area contributed by atoms with Crippen LogP contribution in [0.4, 0.5) is 5.69 Å². The molecule has 2 amide bonds. The van der Waals surface area contributed by atoms with E-state index in [1.807, 2.05) is 0 Å². The highest BCUT2D eigenvalue weighted by atomic mass is 16.3. The van der Waals surface area contributed by atoms with Gasteiger partial charge in [0.25, 0.3) is 0 Å². The number of nitrogens with two attached hydrogens (primary N) is 1. The predicted octanol–water partition coefficient (Wildman–Crippen LogP) is 0.751. The van der Waals surface area contributed by atoms with E-state index in [4.69, 9.17) is 10.8 Å². The van der Waals surface area contributed by atoms with E-state index in [1.54, 1.807) is 24.3 Å². The number of carbonyl (C=O) groups excluding carboxylic acids is 2. The first-order valence-corrected chi connectivity index (χ1v) is 7.63. The van der Waals surface area contributed by atoms with Gasteiger partial charge in [0, 0.05) is 5.69 Å². The summed E-state index contributed by atoms with van der Waals surface area (Å²) in [5.41, 5.74) is 7.32. The van der Waals surface area contributed by atoms with Gasteiger partial charge in [-0.25, -0.2) is 0 Å². The number of hydrogen-bond donors (Lipinski definition) is 4. The van der Waals surface area contributed by atoms with Crippen molar-refractivity contribution in [1.82, 2.24) is 5.32 Å². The number of aliphatic hydroxyl groups is 1. The molecule has 0 aromatic heterocycles. The summed E-state index contributed by atoms with van der Waals surface area (Å²) in [5, 5.41) is 14.2. The molecule has 6 heteroatoms. The summed E-state index contributed by atoms with van der Waals surface area (Å²) in [6, 6.07) is 6.33. The number of aliphatic hydroxyl groups excluding tert-OH is 1.